The standard InChI is InChI=1S/C8H18N8O4/c1-2-3(4(17)13-9)8(5(18)14-10,6(19)15-11)7(20)16-12/h3H,2,9-12H2,1H3,(H,13,17)(H,14,18)(H,15,19)(H,16,20). The van der Waals surface area contributed by atoms with E-state index in [4.69, 9.17) is 23.4 Å². The zero-order valence-corrected chi connectivity index (χ0v) is 10.7. The molecule has 1 atom stereocenters. The highest BCUT2D eigenvalue weighted by molar-refractivity contribution is 6.24. The van der Waals surface area contributed by atoms with Crippen molar-refractivity contribution in [2.45, 2.75) is 13.3 Å². The summed E-state index contributed by atoms with van der Waals surface area (Å²) in [5.41, 5.74) is 4.07. The fraction of sp³-hybridized carbons (Fsp3) is 0.500. The van der Waals surface area contributed by atoms with Crippen molar-refractivity contribution in [2.24, 2.45) is 34.7 Å². The van der Waals surface area contributed by atoms with E-state index in [2.05, 4.69) is 0 Å². The van der Waals surface area contributed by atoms with Gasteiger partial charge in [-0.05, 0) is 6.42 Å². The number of rotatable bonds is 6. The van der Waals surface area contributed by atoms with Crippen LogP contribution in [0, 0.1) is 11.3 Å². The molecular formula is C8H18N8O4. The van der Waals surface area contributed by atoms with E-state index in [-0.39, 0.29) is 6.42 Å². The first kappa shape index (κ1) is 17.7. The summed E-state index contributed by atoms with van der Waals surface area (Å²) >= 11 is 0. The van der Waals surface area contributed by atoms with Crippen LogP contribution in [0.4, 0.5) is 0 Å². The second kappa shape index (κ2) is 7.34. The zero-order chi connectivity index (χ0) is 15.9. The molecule has 0 aromatic heterocycles. The Morgan fingerprint density at radius 1 is 0.850 bits per heavy atom. The van der Waals surface area contributed by atoms with Gasteiger partial charge in [0.25, 0.3) is 17.7 Å². The largest absolute Gasteiger partial charge is 0.294 e. The first-order valence-corrected chi connectivity index (χ1v) is 5.41. The first-order chi connectivity index (χ1) is 9.37. The molecule has 0 bridgehead atoms. The van der Waals surface area contributed by atoms with Crippen LogP contribution in [0.2, 0.25) is 0 Å². The summed E-state index contributed by atoms with van der Waals surface area (Å²) in [6.07, 6.45) is -0.0999. The Morgan fingerprint density at radius 3 is 1.40 bits per heavy atom. The molecule has 0 aliphatic carbocycles. The van der Waals surface area contributed by atoms with Gasteiger partial charge < -0.3 is 0 Å². The van der Waals surface area contributed by atoms with E-state index in [9.17, 15) is 19.2 Å². The number of nitrogens with two attached hydrogens (primary N) is 4. The Labute approximate surface area is 113 Å². The van der Waals surface area contributed by atoms with Gasteiger partial charge in [0.15, 0.2) is 0 Å². The van der Waals surface area contributed by atoms with Crippen LogP contribution < -0.4 is 45.1 Å². The predicted octanol–water partition coefficient (Wildman–Crippen LogP) is -5.04. The van der Waals surface area contributed by atoms with Gasteiger partial charge in [0, 0.05) is 0 Å². The van der Waals surface area contributed by atoms with E-state index in [1.807, 2.05) is 0 Å². The van der Waals surface area contributed by atoms with Gasteiger partial charge in [-0.15, -0.1) is 0 Å². The topological polar surface area (TPSA) is 220 Å². The Bertz CT molecular complexity index is 370. The van der Waals surface area contributed by atoms with Gasteiger partial charge >= 0.3 is 0 Å². The summed E-state index contributed by atoms with van der Waals surface area (Å²) in [5.74, 6) is 13.7. The van der Waals surface area contributed by atoms with E-state index in [1.165, 1.54) is 6.92 Å². The second-order valence-corrected chi connectivity index (χ2v) is 3.70. The Hall–Kier alpha value is -2.28. The summed E-state index contributed by atoms with van der Waals surface area (Å²) in [5, 5.41) is 0. The van der Waals surface area contributed by atoms with E-state index < -0.39 is 35.0 Å². The van der Waals surface area contributed by atoms with Gasteiger partial charge in [0.2, 0.25) is 11.3 Å². The average molecular weight is 290 g/mol. The maximum absolute atomic E-state index is 12.0. The van der Waals surface area contributed by atoms with Crippen molar-refractivity contribution < 1.29 is 19.2 Å². The molecule has 0 saturated heterocycles. The molecule has 12 heteroatoms. The normalized spacial score (nSPS) is 12.1. The molecule has 114 valence electrons. The average Bonchev–Trinajstić information content (AvgIpc) is 2.49. The molecule has 0 aliphatic rings. The van der Waals surface area contributed by atoms with Gasteiger partial charge in [-0.1, -0.05) is 6.92 Å². The summed E-state index contributed by atoms with van der Waals surface area (Å²) in [6, 6.07) is 0. The number of hydrazine groups is 4. The zero-order valence-electron chi connectivity index (χ0n) is 10.7. The third-order valence-electron chi connectivity index (χ3n) is 2.86. The monoisotopic (exact) mass is 290 g/mol. The highest BCUT2D eigenvalue weighted by Crippen LogP contribution is 2.32. The second-order valence-electron chi connectivity index (χ2n) is 3.70. The van der Waals surface area contributed by atoms with Crippen LogP contribution in [0.1, 0.15) is 13.3 Å². The molecule has 12 N–H and O–H groups in total. The molecule has 0 heterocycles. The Balaban J connectivity index is 6.23. The molecule has 20 heavy (non-hydrogen) atoms. The molecule has 0 fully saturated rings. The quantitative estimate of drug-likeness (QED) is 0.102. The van der Waals surface area contributed by atoms with Crippen LogP contribution >= 0.6 is 0 Å². The van der Waals surface area contributed by atoms with Crippen molar-refractivity contribution in [2.75, 3.05) is 0 Å². The third-order valence-corrected chi connectivity index (χ3v) is 2.86. The van der Waals surface area contributed by atoms with Crippen LogP contribution in [0.15, 0.2) is 0 Å². The summed E-state index contributed by atoms with van der Waals surface area (Å²) < 4.78 is 0. The molecule has 0 spiro atoms. The third kappa shape index (κ3) is 2.67. The van der Waals surface area contributed by atoms with Crippen LogP contribution in [-0.2, 0) is 19.2 Å². The molecule has 4 amide bonds. The van der Waals surface area contributed by atoms with Gasteiger partial charge in [-0.3, -0.25) is 40.9 Å². The number of nitrogens with one attached hydrogen (secondary N) is 4. The minimum atomic E-state index is -2.60. The van der Waals surface area contributed by atoms with Crippen LogP contribution in [0.25, 0.3) is 0 Å². The first-order valence-electron chi connectivity index (χ1n) is 5.41. The fourth-order valence-electron chi connectivity index (χ4n) is 1.91. The summed E-state index contributed by atoms with van der Waals surface area (Å²) in [7, 11) is 0. The maximum Gasteiger partial charge on any atom is 0.260 e. The number of carbonyl (C=O) groups is 4. The minimum absolute atomic E-state index is 0.0999. The van der Waals surface area contributed by atoms with Crippen molar-refractivity contribution in [1.82, 2.24) is 21.7 Å². The lowest BCUT2D eigenvalue weighted by molar-refractivity contribution is -0.161. The lowest BCUT2D eigenvalue weighted by atomic mass is 9.71. The summed E-state index contributed by atoms with van der Waals surface area (Å²) in [6.45, 7) is 1.45. The lowest BCUT2D eigenvalue weighted by Crippen LogP contribution is -2.67. The van der Waals surface area contributed by atoms with Crippen LogP contribution in [0.5, 0.6) is 0 Å². The predicted molar refractivity (Wildman–Crippen MR) is 65.5 cm³/mol. The van der Waals surface area contributed by atoms with Gasteiger partial charge in [0.1, 0.15) is 0 Å². The van der Waals surface area contributed by atoms with Gasteiger partial charge in [-0.2, -0.15) is 0 Å². The number of hydrogen-bond acceptors (Lipinski definition) is 8. The highest BCUT2D eigenvalue weighted by Gasteiger charge is 2.60. The Kier molecular flexibility index (Phi) is 6.51. The molecule has 0 aromatic rings. The van der Waals surface area contributed by atoms with E-state index in [0.29, 0.717) is 0 Å². The lowest BCUT2D eigenvalue weighted by Gasteiger charge is -2.33. The number of carbonyl (C=O) groups excluding carboxylic acids is 4. The molecule has 0 aliphatic heterocycles. The van der Waals surface area contributed by atoms with Gasteiger partial charge in [-0.25, -0.2) is 23.4 Å². The molecule has 0 saturated carbocycles. The SMILES string of the molecule is CCC(C(=O)NN)C(C(=O)NN)(C(=O)NN)C(=O)NN. The van der Waals surface area contributed by atoms with Crippen LogP contribution in [-0.4, -0.2) is 23.6 Å². The van der Waals surface area contributed by atoms with Crippen molar-refractivity contribution >= 4 is 23.6 Å². The van der Waals surface area contributed by atoms with Crippen molar-refractivity contribution in [3.8, 4) is 0 Å². The molecule has 1 unspecified atom stereocenters. The molecular weight excluding hydrogens is 272 g/mol. The van der Waals surface area contributed by atoms with Crippen molar-refractivity contribution in [3.05, 3.63) is 0 Å². The van der Waals surface area contributed by atoms with E-state index >= 15 is 0 Å². The van der Waals surface area contributed by atoms with E-state index in [0.717, 1.165) is 0 Å². The molecule has 12 nitrogen and oxygen atoms in total. The molecule has 0 rings (SSSR count). The van der Waals surface area contributed by atoms with Crippen LogP contribution in [0.3, 0.4) is 0 Å². The van der Waals surface area contributed by atoms with Gasteiger partial charge in [0.05, 0.1) is 5.92 Å². The number of hydrogen-bond donors (Lipinski definition) is 8. The fourth-order valence-corrected chi connectivity index (χ4v) is 1.91. The number of amides is 4. The summed E-state index contributed by atoms with van der Waals surface area (Å²) in [4.78, 5) is 47.6. The van der Waals surface area contributed by atoms with Crippen molar-refractivity contribution in [1.29, 1.82) is 0 Å². The Morgan fingerprint density at radius 2 is 1.20 bits per heavy atom. The maximum atomic E-state index is 12.0. The highest BCUT2D eigenvalue weighted by atomic mass is 16.2. The molecule has 0 aromatic carbocycles. The smallest absolute Gasteiger partial charge is 0.260 e. The van der Waals surface area contributed by atoms with Crippen molar-refractivity contribution in [3.63, 3.8) is 0 Å². The van der Waals surface area contributed by atoms with E-state index in [1.54, 1.807) is 21.7 Å². The molecule has 0 radical (unpaired) electrons. The minimum Gasteiger partial charge on any atom is -0.294 e.